The minimum Gasteiger partial charge on any atom is -0.370 e. The maximum Gasteiger partial charge on any atom is 0.192 e. The zero-order chi connectivity index (χ0) is 13.9. The second-order valence-corrected chi connectivity index (χ2v) is 5.58. The topological polar surface area (TPSA) is 45.6 Å². The molecule has 0 saturated carbocycles. The van der Waals surface area contributed by atoms with Gasteiger partial charge in [0.2, 0.25) is 0 Å². The summed E-state index contributed by atoms with van der Waals surface area (Å²) in [5.41, 5.74) is 5.74. The minimum absolute atomic E-state index is 0.236. The molecule has 0 amide bonds. The highest BCUT2D eigenvalue weighted by Crippen LogP contribution is 2.31. The summed E-state index contributed by atoms with van der Waals surface area (Å²) in [6, 6.07) is 12.0. The van der Waals surface area contributed by atoms with Crippen molar-refractivity contribution in [2.75, 3.05) is 12.4 Å². The smallest absolute Gasteiger partial charge is 0.192 e. The Labute approximate surface area is 126 Å². The van der Waals surface area contributed by atoms with Crippen LogP contribution in [0.1, 0.15) is 17.2 Å². The number of hydrazone groups is 1. The Kier molecular flexibility index (Phi) is 3.77. The zero-order valence-electron chi connectivity index (χ0n) is 10.8. The highest BCUT2D eigenvalue weighted by atomic mass is 32.1. The summed E-state index contributed by atoms with van der Waals surface area (Å²) in [6.45, 7) is 0. The molecule has 6 heteroatoms. The first-order valence-corrected chi connectivity index (χ1v) is 7.38. The normalized spacial score (nSPS) is 15.4. The number of anilines is 1. The van der Waals surface area contributed by atoms with E-state index < -0.39 is 0 Å². The maximum atomic E-state index is 5.66. The third kappa shape index (κ3) is 2.45. The first kappa shape index (κ1) is 13.2. The van der Waals surface area contributed by atoms with Gasteiger partial charge >= 0.3 is 0 Å². The zero-order valence-corrected chi connectivity index (χ0v) is 12.4. The molecule has 0 radical (unpaired) electrons. The van der Waals surface area contributed by atoms with Crippen molar-refractivity contribution in [1.29, 1.82) is 0 Å². The Hall–Kier alpha value is -1.76. The third-order valence-electron chi connectivity index (χ3n) is 3.03. The number of rotatable bonds is 3. The van der Waals surface area contributed by atoms with Gasteiger partial charge in [-0.3, -0.25) is 5.43 Å². The van der Waals surface area contributed by atoms with Crippen LogP contribution in [-0.2, 0) is 4.74 Å². The van der Waals surface area contributed by atoms with Crippen LogP contribution >= 0.6 is 23.6 Å². The number of nitrogens with one attached hydrogen (secondary N) is 2. The van der Waals surface area contributed by atoms with Gasteiger partial charge in [0.1, 0.15) is 16.8 Å². The Morgan fingerprint density at radius 2 is 2.05 bits per heavy atom. The van der Waals surface area contributed by atoms with Crippen LogP contribution < -0.4 is 10.7 Å². The summed E-state index contributed by atoms with van der Waals surface area (Å²) >= 11 is 6.76. The lowest BCUT2D eigenvalue weighted by Gasteiger charge is -2.17. The summed E-state index contributed by atoms with van der Waals surface area (Å²) in [7, 11) is 1.68. The molecule has 1 unspecified atom stereocenters. The summed E-state index contributed by atoms with van der Waals surface area (Å²) < 4.78 is 5.66. The van der Waals surface area contributed by atoms with Crippen molar-refractivity contribution in [3.05, 3.63) is 52.9 Å². The Morgan fingerprint density at radius 3 is 2.80 bits per heavy atom. The number of methoxy groups -OCH3 is 1. The molecule has 20 heavy (non-hydrogen) atoms. The van der Waals surface area contributed by atoms with Crippen LogP contribution in [0.25, 0.3) is 0 Å². The summed E-state index contributed by atoms with van der Waals surface area (Å²) in [5, 5.41) is 11.0. The van der Waals surface area contributed by atoms with Crippen molar-refractivity contribution in [2.45, 2.75) is 6.10 Å². The lowest BCUT2D eigenvalue weighted by atomic mass is 10.0. The van der Waals surface area contributed by atoms with Gasteiger partial charge in [-0.2, -0.15) is 5.10 Å². The molecule has 2 N–H and O–H groups in total. The highest BCUT2D eigenvalue weighted by molar-refractivity contribution is 7.80. The minimum atomic E-state index is -0.236. The molecule has 1 aromatic carbocycles. The first-order chi connectivity index (χ1) is 9.79. The molecule has 0 spiro atoms. The fraction of sp³-hybridized carbons (Fsp3) is 0.143. The molecule has 102 valence electrons. The van der Waals surface area contributed by atoms with Gasteiger partial charge in [-0.05, 0) is 29.2 Å². The van der Waals surface area contributed by atoms with Crippen LogP contribution in [0.2, 0.25) is 0 Å². The van der Waals surface area contributed by atoms with Crippen LogP contribution in [0.5, 0.6) is 0 Å². The van der Waals surface area contributed by atoms with Crippen LogP contribution in [0.3, 0.4) is 0 Å². The van der Waals surface area contributed by atoms with Gasteiger partial charge in [-0.1, -0.05) is 30.3 Å². The van der Waals surface area contributed by atoms with Crippen molar-refractivity contribution < 1.29 is 4.74 Å². The number of nitrogens with zero attached hydrogens (tertiary/aromatic N) is 1. The van der Waals surface area contributed by atoms with Gasteiger partial charge in [0, 0.05) is 12.7 Å². The Balaban J connectivity index is 2.06. The van der Waals surface area contributed by atoms with Crippen molar-refractivity contribution in [2.24, 2.45) is 5.10 Å². The second-order valence-electron chi connectivity index (χ2n) is 4.25. The fourth-order valence-corrected chi connectivity index (χ4v) is 3.16. The van der Waals surface area contributed by atoms with Crippen LogP contribution in [-0.4, -0.2) is 17.9 Å². The predicted molar refractivity (Wildman–Crippen MR) is 86.4 cm³/mol. The van der Waals surface area contributed by atoms with E-state index in [9.17, 15) is 0 Å². The Bertz CT molecular complexity index is 651. The van der Waals surface area contributed by atoms with E-state index in [-0.39, 0.29) is 6.10 Å². The molecular formula is C14H13N3OS2. The lowest BCUT2D eigenvalue weighted by Crippen LogP contribution is -2.23. The van der Waals surface area contributed by atoms with Gasteiger partial charge in [-0.25, -0.2) is 0 Å². The van der Waals surface area contributed by atoms with Crippen molar-refractivity contribution >= 4 is 39.4 Å². The standard InChI is InChI=1S/C14H13N3OS2/c1-18-12(9-5-3-2-4-6-9)11-10-7-8-20-13(10)15-14(19)17-16-11/h2-8,12H,1H3,(H2,15,17,19). The molecule has 4 nitrogen and oxygen atoms in total. The third-order valence-corrected chi connectivity index (χ3v) is 4.06. The number of hydrogen-bond donors (Lipinski definition) is 2. The first-order valence-electron chi connectivity index (χ1n) is 6.10. The van der Waals surface area contributed by atoms with E-state index in [4.69, 9.17) is 17.0 Å². The van der Waals surface area contributed by atoms with E-state index in [2.05, 4.69) is 15.8 Å². The van der Waals surface area contributed by atoms with Crippen LogP contribution in [0, 0.1) is 0 Å². The molecule has 1 atom stereocenters. The monoisotopic (exact) mass is 303 g/mol. The van der Waals surface area contributed by atoms with Crippen LogP contribution in [0.15, 0.2) is 46.9 Å². The number of fused-ring (bicyclic) bond motifs is 1. The second kappa shape index (κ2) is 5.70. The van der Waals surface area contributed by atoms with E-state index in [1.54, 1.807) is 18.4 Å². The lowest BCUT2D eigenvalue weighted by molar-refractivity contribution is 0.158. The number of hydrogen-bond acceptors (Lipinski definition) is 4. The van der Waals surface area contributed by atoms with Gasteiger partial charge in [0.25, 0.3) is 0 Å². The molecule has 1 aliphatic rings. The largest absolute Gasteiger partial charge is 0.370 e. The number of benzene rings is 1. The van der Waals surface area contributed by atoms with Crippen molar-refractivity contribution in [3.8, 4) is 0 Å². The molecule has 2 heterocycles. The number of thiophene rings is 1. The summed E-state index contributed by atoms with van der Waals surface area (Å²) in [5.74, 6) is 0. The molecule has 1 aliphatic heterocycles. The number of thiocarbonyl (C=S) groups is 1. The maximum absolute atomic E-state index is 5.66. The van der Waals surface area contributed by atoms with Crippen molar-refractivity contribution in [1.82, 2.24) is 5.43 Å². The van der Waals surface area contributed by atoms with Gasteiger partial charge in [-0.15, -0.1) is 11.3 Å². The summed E-state index contributed by atoms with van der Waals surface area (Å²) in [6.07, 6.45) is -0.236. The molecular weight excluding hydrogens is 290 g/mol. The molecule has 0 aliphatic carbocycles. The number of ether oxygens (including phenoxy) is 1. The van der Waals surface area contributed by atoms with E-state index in [1.165, 1.54) is 0 Å². The SMILES string of the molecule is COC(C1=NNC(=S)Nc2sccc21)c1ccccc1. The predicted octanol–water partition coefficient (Wildman–Crippen LogP) is 3.14. The average Bonchev–Trinajstić information content (AvgIpc) is 2.86. The molecule has 3 rings (SSSR count). The van der Waals surface area contributed by atoms with Gasteiger partial charge < -0.3 is 10.1 Å². The average molecular weight is 303 g/mol. The summed E-state index contributed by atoms with van der Waals surface area (Å²) in [4.78, 5) is 0. The quantitative estimate of drug-likeness (QED) is 0.855. The molecule has 0 bridgehead atoms. The van der Waals surface area contributed by atoms with Gasteiger partial charge in [0.05, 0.1) is 0 Å². The van der Waals surface area contributed by atoms with E-state index in [0.29, 0.717) is 5.11 Å². The van der Waals surface area contributed by atoms with E-state index in [0.717, 1.165) is 21.8 Å². The molecule has 0 fully saturated rings. The van der Waals surface area contributed by atoms with Crippen molar-refractivity contribution in [3.63, 3.8) is 0 Å². The fourth-order valence-electron chi connectivity index (χ4n) is 2.14. The molecule has 2 aromatic rings. The van der Waals surface area contributed by atoms with Crippen LogP contribution in [0.4, 0.5) is 5.00 Å². The van der Waals surface area contributed by atoms with Gasteiger partial charge in [0.15, 0.2) is 5.11 Å². The Morgan fingerprint density at radius 1 is 1.25 bits per heavy atom. The molecule has 1 aromatic heterocycles. The van der Waals surface area contributed by atoms with E-state index >= 15 is 0 Å². The molecule has 0 saturated heterocycles. The van der Waals surface area contributed by atoms with E-state index in [1.807, 2.05) is 41.8 Å². The highest BCUT2D eigenvalue weighted by Gasteiger charge is 2.25.